The average molecular weight is 388 g/mol. The number of pyridine rings is 1. The number of ether oxygens (including phenoxy) is 1. The van der Waals surface area contributed by atoms with Crippen LogP contribution in [-0.2, 0) is 6.54 Å². The topological polar surface area (TPSA) is 93.4 Å². The van der Waals surface area contributed by atoms with Crippen LogP contribution in [0.5, 0.6) is 5.88 Å². The van der Waals surface area contributed by atoms with E-state index in [0.717, 1.165) is 6.20 Å². The number of anilines is 1. The van der Waals surface area contributed by atoms with Gasteiger partial charge in [0.25, 0.3) is 5.91 Å². The van der Waals surface area contributed by atoms with E-state index in [4.69, 9.17) is 4.74 Å². The van der Waals surface area contributed by atoms with Crippen LogP contribution in [0.3, 0.4) is 0 Å². The molecule has 1 aliphatic rings. The van der Waals surface area contributed by atoms with Crippen molar-refractivity contribution in [3.63, 3.8) is 0 Å². The van der Waals surface area contributed by atoms with Gasteiger partial charge in [0.15, 0.2) is 5.65 Å². The molecule has 2 bridgehead atoms. The first-order chi connectivity index (χ1) is 13.7. The van der Waals surface area contributed by atoms with Gasteiger partial charge in [-0.25, -0.2) is 18.9 Å². The first-order valence-electron chi connectivity index (χ1n) is 9.34. The van der Waals surface area contributed by atoms with E-state index in [-0.39, 0.29) is 25.6 Å². The molecule has 0 saturated carbocycles. The van der Waals surface area contributed by atoms with E-state index in [0.29, 0.717) is 28.5 Å². The number of nitrogens with one attached hydrogen (secondary N) is 2. The minimum atomic E-state index is -0.446. The van der Waals surface area contributed by atoms with E-state index < -0.39 is 5.82 Å². The van der Waals surface area contributed by atoms with Gasteiger partial charge < -0.3 is 15.4 Å². The predicted octanol–water partition coefficient (Wildman–Crippen LogP) is 3.05. The third-order valence-corrected chi connectivity index (χ3v) is 3.59. The molecule has 3 aromatic heterocycles. The Hall–Kier alpha value is -3.23. The van der Waals surface area contributed by atoms with E-state index in [2.05, 4.69) is 25.7 Å². The van der Waals surface area contributed by atoms with Crippen LogP contribution in [0.2, 0.25) is 0 Å². The van der Waals surface area contributed by atoms with E-state index in [1.54, 1.807) is 12.3 Å². The molecule has 0 atom stereocenters. The Labute approximate surface area is 163 Å². The van der Waals surface area contributed by atoms with Crippen molar-refractivity contribution in [1.29, 1.82) is 0 Å². The molecule has 1 amide bonds. The molecule has 4 heterocycles. The normalized spacial score (nSPS) is 13.0. The van der Waals surface area contributed by atoms with Crippen LogP contribution in [0.4, 0.5) is 10.2 Å². The van der Waals surface area contributed by atoms with Crippen LogP contribution in [0.25, 0.3) is 5.65 Å². The zero-order valence-corrected chi connectivity index (χ0v) is 16.5. The third-order valence-electron chi connectivity index (χ3n) is 3.59. The molecule has 0 spiro atoms. The molecule has 28 heavy (non-hydrogen) atoms. The Morgan fingerprint density at radius 1 is 1.18 bits per heavy atom. The number of carbonyl (C=O) groups is 1. The molecule has 8 nitrogen and oxygen atoms in total. The molecule has 0 unspecified atom stereocenters. The summed E-state index contributed by atoms with van der Waals surface area (Å²) in [6, 6.07) is 3.07. The molecule has 150 valence electrons. The van der Waals surface area contributed by atoms with Crippen molar-refractivity contribution in [3.05, 3.63) is 47.7 Å². The number of nitrogens with zero attached hydrogens (tertiary/aromatic N) is 4. The SMILES string of the molecule is CC.CC.O=C1NCCOc2ncc(F)cc2CNc2ccn3ncc1c3n2. The molecule has 2 N–H and O–H groups in total. The second kappa shape index (κ2) is 10.2. The maximum atomic E-state index is 13.5. The Bertz CT molecular complexity index is 928. The number of rotatable bonds is 0. The summed E-state index contributed by atoms with van der Waals surface area (Å²) in [5.41, 5.74) is 1.38. The fourth-order valence-corrected chi connectivity index (χ4v) is 2.45. The zero-order valence-electron chi connectivity index (χ0n) is 16.5. The molecule has 0 aromatic carbocycles. The molecule has 1 aliphatic heterocycles. The van der Waals surface area contributed by atoms with E-state index in [1.165, 1.54) is 16.8 Å². The number of fused-ring (bicyclic) bond motifs is 2. The van der Waals surface area contributed by atoms with Gasteiger partial charge >= 0.3 is 0 Å². The summed E-state index contributed by atoms with van der Waals surface area (Å²) in [5, 5.41) is 9.93. The number of carbonyl (C=O) groups excluding carboxylic acids is 1. The predicted molar refractivity (Wildman–Crippen MR) is 105 cm³/mol. The molecule has 3 aromatic rings. The van der Waals surface area contributed by atoms with Crippen LogP contribution in [0.1, 0.15) is 43.6 Å². The van der Waals surface area contributed by atoms with Crippen molar-refractivity contribution in [2.24, 2.45) is 0 Å². The minimum Gasteiger partial charge on any atom is -0.476 e. The van der Waals surface area contributed by atoms with Gasteiger partial charge in [0.1, 0.15) is 23.8 Å². The number of hydrogen-bond acceptors (Lipinski definition) is 6. The lowest BCUT2D eigenvalue weighted by atomic mass is 10.2. The lowest BCUT2D eigenvalue weighted by Gasteiger charge is -2.11. The molecular formula is C19H25FN6O2. The summed E-state index contributed by atoms with van der Waals surface area (Å²) in [7, 11) is 0. The number of amides is 1. The van der Waals surface area contributed by atoms with E-state index in [1.807, 2.05) is 27.7 Å². The summed E-state index contributed by atoms with van der Waals surface area (Å²) in [6.07, 6.45) is 4.26. The van der Waals surface area contributed by atoms with Crippen molar-refractivity contribution >= 4 is 17.4 Å². The highest BCUT2D eigenvalue weighted by Gasteiger charge is 2.16. The third kappa shape index (κ3) is 4.73. The lowest BCUT2D eigenvalue weighted by Crippen LogP contribution is -2.28. The van der Waals surface area contributed by atoms with Gasteiger partial charge in [-0.2, -0.15) is 5.10 Å². The first-order valence-corrected chi connectivity index (χ1v) is 9.34. The molecule has 0 fully saturated rings. The van der Waals surface area contributed by atoms with Gasteiger partial charge in [0.05, 0.1) is 18.9 Å². The van der Waals surface area contributed by atoms with Crippen molar-refractivity contribution < 1.29 is 13.9 Å². The average Bonchev–Trinajstić information content (AvgIpc) is 3.16. The van der Waals surface area contributed by atoms with Crippen LogP contribution in [0.15, 0.2) is 30.7 Å². The minimum absolute atomic E-state index is 0.215. The fourth-order valence-electron chi connectivity index (χ4n) is 2.45. The Morgan fingerprint density at radius 3 is 2.75 bits per heavy atom. The van der Waals surface area contributed by atoms with Crippen LogP contribution in [0, 0.1) is 5.82 Å². The molecule has 0 aliphatic carbocycles. The van der Waals surface area contributed by atoms with Gasteiger partial charge in [-0.15, -0.1) is 0 Å². The van der Waals surface area contributed by atoms with Gasteiger partial charge in [-0.1, -0.05) is 27.7 Å². The Morgan fingerprint density at radius 2 is 1.96 bits per heavy atom. The van der Waals surface area contributed by atoms with Gasteiger partial charge in [0, 0.05) is 18.3 Å². The maximum absolute atomic E-state index is 13.5. The Kier molecular flexibility index (Phi) is 7.67. The van der Waals surface area contributed by atoms with Gasteiger partial charge in [0.2, 0.25) is 5.88 Å². The fraction of sp³-hybridized carbons (Fsp3) is 0.368. The Balaban J connectivity index is 0.000000660. The first kappa shape index (κ1) is 21.1. The molecule has 4 rings (SSSR count). The summed E-state index contributed by atoms with van der Waals surface area (Å²) in [6.45, 7) is 8.78. The number of aromatic nitrogens is 4. The van der Waals surface area contributed by atoms with Crippen molar-refractivity contribution in [2.45, 2.75) is 34.2 Å². The van der Waals surface area contributed by atoms with Gasteiger partial charge in [-0.3, -0.25) is 4.79 Å². The summed E-state index contributed by atoms with van der Waals surface area (Å²) in [4.78, 5) is 20.6. The van der Waals surface area contributed by atoms with E-state index in [9.17, 15) is 9.18 Å². The molecule has 0 radical (unpaired) electrons. The second-order valence-electron chi connectivity index (χ2n) is 5.21. The van der Waals surface area contributed by atoms with Gasteiger partial charge in [-0.05, 0) is 12.1 Å². The monoisotopic (exact) mass is 388 g/mol. The number of halogens is 1. The van der Waals surface area contributed by atoms with Crippen molar-refractivity contribution in [1.82, 2.24) is 24.9 Å². The number of hydrogen-bond donors (Lipinski definition) is 2. The second-order valence-corrected chi connectivity index (χ2v) is 5.21. The summed E-state index contributed by atoms with van der Waals surface area (Å²) >= 11 is 0. The summed E-state index contributed by atoms with van der Waals surface area (Å²) < 4.78 is 20.5. The summed E-state index contributed by atoms with van der Waals surface area (Å²) in [5.74, 6) is 0.121. The standard InChI is InChI=1S/C15H13FN6O2.2C2H6/c16-10-5-9-6-18-12-1-3-22-13(21-12)11(8-20-22)14(23)17-2-4-24-15(9)19-7-10;2*1-2/h1,3,5,7-8H,2,4,6H2,(H,17,23)(H,18,21);2*1-2H3. The molecule has 9 heteroatoms. The lowest BCUT2D eigenvalue weighted by molar-refractivity contribution is 0.0948. The van der Waals surface area contributed by atoms with Crippen LogP contribution in [-0.4, -0.2) is 38.6 Å². The highest BCUT2D eigenvalue weighted by molar-refractivity contribution is 5.99. The maximum Gasteiger partial charge on any atom is 0.256 e. The smallest absolute Gasteiger partial charge is 0.256 e. The van der Waals surface area contributed by atoms with Crippen LogP contribution < -0.4 is 15.4 Å². The van der Waals surface area contributed by atoms with Crippen molar-refractivity contribution in [2.75, 3.05) is 18.5 Å². The van der Waals surface area contributed by atoms with Crippen LogP contribution >= 0.6 is 0 Å². The highest BCUT2D eigenvalue weighted by Crippen LogP contribution is 2.19. The highest BCUT2D eigenvalue weighted by atomic mass is 19.1. The zero-order chi connectivity index (χ0) is 20.5. The van der Waals surface area contributed by atoms with Crippen molar-refractivity contribution in [3.8, 4) is 5.88 Å². The largest absolute Gasteiger partial charge is 0.476 e. The molecular weight excluding hydrogens is 363 g/mol. The quantitative estimate of drug-likeness (QED) is 0.615. The molecule has 0 saturated heterocycles. The van der Waals surface area contributed by atoms with E-state index >= 15 is 0 Å².